The van der Waals surface area contributed by atoms with Gasteiger partial charge in [-0.3, -0.25) is 9.88 Å². The topological polar surface area (TPSA) is 42.1 Å². The fourth-order valence-corrected chi connectivity index (χ4v) is 2.75. The van der Waals surface area contributed by atoms with E-state index in [0.29, 0.717) is 12.6 Å². The Hall–Kier alpha value is -0.450. The van der Waals surface area contributed by atoms with Crippen molar-refractivity contribution < 1.29 is 0 Å². The molecule has 0 aromatic carbocycles. The maximum absolute atomic E-state index is 6.00. The van der Waals surface area contributed by atoms with Gasteiger partial charge < -0.3 is 5.73 Å². The van der Waals surface area contributed by atoms with E-state index in [1.807, 2.05) is 12.4 Å². The van der Waals surface area contributed by atoms with Gasteiger partial charge in [-0.05, 0) is 60.2 Å². The number of hydrogen-bond donors (Lipinski definition) is 1. The smallest absolute Gasteiger partial charge is 0.0488 e. The van der Waals surface area contributed by atoms with Crippen LogP contribution in [0.2, 0.25) is 0 Å². The molecule has 0 bridgehead atoms. The van der Waals surface area contributed by atoms with E-state index < -0.39 is 0 Å². The molecule has 100 valence electrons. The van der Waals surface area contributed by atoms with E-state index in [1.54, 1.807) is 0 Å². The molecule has 1 unspecified atom stereocenters. The largest absolute Gasteiger partial charge is 0.329 e. The third-order valence-corrected chi connectivity index (χ3v) is 4.00. The Labute approximate surface area is 118 Å². The van der Waals surface area contributed by atoms with E-state index in [1.165, 1.54) is 18.4 Å². The van der Waals surface area contributed by atoms with Gasteiger partial charge in [0.25, 0.3) is 0 Å². The lowest BCUT2D eigenvalue weighted by Gasteiger charge is -2.34. The molecule has 4 heteroatoms. The highest BCUT2D eigenvalue weighted by Crippen LogP contribution is 2.33. The Balaban J connectivity index is 2.18. The molecule has 0 radical (unpaired) electrons. The fourth-order valence-electron chi connectivity index (χ4n) is 2.37. The van der Waals surface area contributed by atoms with Gasteiger partial charge in [-0.15, -0.1) is 0 Å². The van der Waals surface area contributed by atoms with Gasteiger partial charge in [0, 0.05) is 42.0 Å². The number of nitrogens with zero attached hydrogens (tertiary/aromatic N) is 2. The lowest BCUT2D eigenvalue weighted by atomic mass is 10.1. The summed E-state index contributed by atoms with van der Waals surface area (Å²) in [5.74, 6) is 0.876. The molecule has 18 heavy (non-hydrogen) atoms. The molecule has 0 amide bonds. The van der Waals surface area contributed by atoms with Crippen LogP contribution in [0.1, 0.15) is 38.3 Å². The zero-order valence-electron chi connectivity index (χ0n) is 11.1. The summed E-state index contributed by atoms with van der Waals surface area (Å²) < 4.78 is 1.02. The summed E-state index contributed by atoms with van der Waals surface area (Å²) in [5.41, 5.74) is 7.21. The molecular formula is C14H22BrN3. The zero-order valence-corrected chi connectivity index (χ0v) is 12.7. The van der Waals surface area contributed by atoms with E-state index in [-0.39, 0.29) is 6.04 Å². The molecule has 0 saturated heterocycles. The van der Waals surface area contributed by atoms with Gasteiger partial charge in [0.15, 0.2) is 0 Å². The van der Waals surface area contributed by atoms with Gasteiger partial charge in [0.1, 0.15) is 0 Å². The minimum absolute atomic E-state index is 0.274. The number of hydrogen-bond acceptors (Lipinski definition) is 3. The molecule has 1 aliphatic carbocycles. The van der Waals surface area contributed by atoms with Crippen LogP contribution in [0.3, 0.4) is 0 Å². The zero-order chi connectivity index (χ0) is 13.1. The number of nitrogens with two attached hydrogens (primary N) is 1. The SMILES string of the molecule is CC(C)N(CC1CC1)C(CN)c1cncc(Br)c1. The maximum Gasteiger partial charge on any atom is 0.0488 e. The highest BCUT2D eigenvalue weighted by atomic mass is 79.9. The highest BCUT2D eigenvalue weighted by Gasteiger charge is 2.29. The van der Waals surface area contributed by atoms with Crippen molar-refractivity contribution in [2.45, 2.75) is 38.8 Å². The predicted octanol–water partition coefficient (Wildman–Crippen LogP) is 2.96. The van der Waals surface area contributed by atoms with Crippen LogP contribution in [0.4, 0.5) is 0 Å². The molecule has 1 saturated carbocycles. The molecular weight excluding hydrogens is 290 g/mol. The van der Waals surface area contributed by atoms with Gasteiger partial charge >= 0.3 is 0 Å². The lowest BCUT2D eigenvalue weighted by Crippen LogP contribution is -2.40. The predicted molar refractivity (Wildman–Crippen MR) is 78.3 cm³/mol. The van der Waals surface area contributed by atoms with Crippen LogP contribution < -0.4 is 5.73 Å². The van der Waals surface area contributed by atoms with Crippen molar-refractivity contribution in [2.24, 2.45) is 11.7 Å². The molecule has 0 spiro atoms. The van der Waals surface area contributed by atoms with E-state index >= 15 is 0 Å². The molecule has 1 aromatic heterocycles. The van der Waals surface area contributed by atoms with Crippen LogP contribution in [0.15, 0.2) is 22.9 Å². The first-order chi connectivity index (χ1) is 8.61. The molecule has 1 aliphatic rings. The summed E-state index contributed by atoms with van der Waals surface area (Å²) in [6.07, 6.45) is 6.50. The minimum atomic E-state index is 0.274. The van der Waals surface area contributed by atoms with Crippen LogP contribution in [0, 0.1) is 5.92 Å². The van der Waals surface area contributed by atoms with Gasteiger partial charge in [-0.1, -0.05) is 0 Å². The Bertz CT molecular complexity index is 390. The normalized spacial score (nSPS) is 17.4. The van der Waals surface area contributed by atoms with Gasteiger partial charge in [0.05, 0.1) is 0 Å². The molecule has 0 aliphatic heterocycles. The first kappa shape index (κ1) is 14.0. The van der Waals surface area contributed by atoms with Gasteiger partial charge in [-0.2, -0.15) is 0 Å². The third-order valence-electron chi connectivity index (χ3n) is 3.56. The second-order valence-electron chi connectivity index (χ2n) is 5.42. The quantitative estimate of drug-likeness (QED) is 0.878. The molecule has 3 nitrogen and oxygen atoms in total. The van der Waals surface area contributed by atoms with Crippen LogP contribution in [0.25, 0.3) is 0 Å². The van der Waals surface area contributed by atoms with Crippen molar-refractivity contribution in [3.8, 4) is 0 Å². The van der Waals surface area contributed by atoms with Crippen LogP contribution in [0.5, 0.6) is 0 Å². The van der Waals surface area contributed by atoms with Crippen molar-refractivity contribution >= 4 is 15.9 Å². The van der Waals surface area contributed by atoms with Crippen molar-refractivity contribution in [1.82, 2.24) is 9.88 Å². The van der Waals surface area contributed by atoms with E-state index in [2.05, 4.69) is 45.7 Å². The molecule has 2 rings (SSSR count). The van der Waals surface area contributed by atoms with Crippen molar-refractivity contribution in [3.63, 3.8) is 0 Å². The van der Waals surface area contributed by atoms with Gasteiger partial charge in [-0.25, -0.2) is 0 Å². The Morgan fingerprint density at radius 2 is 2.17 bits per heavy atom. The average molecular weight is 312 g/mol. The number of rotatable bonds is 6. The summed E-state index contributed by atoms with van der Waals surface area (Å²) in [7, 11) is 0. The Morgan fingerprint density at radius 1 is 1.44 bits per heavy atom. The van der Waals surface area contributed by atoms with Crippen LogP contribution >= 0.6 is 15.9 Å². The van der Waals surface area contributed by atoms with Crippen LogP contribution in [-0.4, -0.2) is 29.0 Å². The first-order valence-electron chi connectivity index (χ1n) is 6.68. The maximum atomic E-state index is 6.00. The first-order valence-corrected chi connectivity index (χ1v) is 7.47. The Kier molecular flexibility index (Phi) is 4.76. The van der Waals surface area contributed by atoms with Crippen molar-refractivity contribution in [3.05, 3.63) is 28.5 Å². The number of pyridine rings is 1. The summed E-state index contributed by atoms with van der Waals surface area (Å²) in [6.45, 7) is 6.29. The fraction of sp³-hybridized carbons (Fsp3) is 0.643. The second kappa shape index (κ2) is 6.13. The number of halogens is 1. The Morgan fingerprint density at radius 3 is 2.67 bits per heavy atom. The molecule has 1 atom stereocenters. The standard InChI is InChI=1S/C14H22BrN3/c1-10(2)18(9-11-3-4-11)14(6-16)12-5-13(15)8-17-7-12/h5,7-8,10-11,14H,3-4,6,9,16H2,1-2H3. The summed E-state index contributed by atoms with van der Waals surface area (Å²) in [6, 6.07) is 2.92. The average Bonchev–Trinajstić information content (AvgIpc) is 3.12. The van der Waals surface area contributed by atoms with Crippen LogP contribution in [-0.2, 0) is 0 Å². The highest BCUT2D eigenvalue weighted by molar-refractivity contribution is 9.10. The van der Waals surface area contributed by atoms with E-state index in [9.17, 15) is 0 Å². The van der Waals surface area contributed by atoms with Crippen molar-refractivity contribution in [2.75, 3.05) is 13.1 Å². The summed E-state index contributed by atoms with van der Waals surface area (Å²) in [4.78, 5) is 6.78. The monoisotopic (exact) mass is 311 g/mol. The van der Waals surface area contributed by atoms with E-state index in [0.717, 1.165) is 16.9 Å². The minimum Gasteiger partial charge on any atom is -0.329 e. The summed E-state index contributed by atoms with van der Waals surface area (Å²) in [5, 5.41) is 0. The molecule has 1 aromatic rings. The summed E-state index contributed by atoms with van der Waals surface area (Å²) >= 11 is 3.49. The molecule has 2 N–H and O–H groups in total. The number of aromatic nitrogens is 1. The van der Waals surface area contributed by atoms with Gasteiger partial charge in [0.2, 0.25) is 0 Å². The third kappa shape index (κ3) is 3.53. The van der Waals surface area contributed by atoms with Crippen molar-refractivity contribution in [1.29, 1.82) is 0 Å². The second-order valence-corrected chi connectivity index (χ2v) is 6.34. The lowest BCUT2D eigenvalue weighted by molar-refractivity contribution is 0.149. The molecule has 1 heterocycles. The molecule has 1 fully saturated rings. The van der Waals surface area contributed by atoms with E-state index in [4.69, 9.17) is 5.73 Å².